The molecule has 5 rings (SSSR count). The lowest BCUT2D eigenvalue weighted by atomic mass is 9.94. The standard InChI is InChI=1S/C23H34N6/c1-17-3-5-20-15-18(4-6-21(20)27(17)2)16-28-12-8-19(9-13-28)23-26-25-22-7-10-24-11-14-29(22)23/h4,6,15,17,19,24H,3,5,7-14,16H2,1-2H3/t17-/m0/s1. The van der Waals surface area contributed by atoms with Crippen LogP contribution < -0.4 is 10.2 Å². The molecule has 1 aromatic carbocycles. The van der Waals surface area contributed by atoms with Crippen LogP contribution in [-0.4, -0.2) is 58.9 Å². The van der Waals surface area contributed by atoms with Crippen LogP contribution in [0, 0.1) is 0 Å². The molecule has 0 amide bonds. The molecule has 1 aromatic heterocycles. The molecule has 0 spiro atoms. The molecule has 4 heterocycles. The van der Waals surface area contributed by atoms with Crippen LogP contribution in [0.25, 0.3) is 0 Å². The van der Waals surface area contributed by atoms with Gasteiger partial charge in [0.25, 0.3) is 0 Å². The molecule has 156 valence electrons. The van der Waals surface area contributed by atoms with E-state index in [9.17, 15) is 0 Å². The van der Waals surface area contributed by atoms with E-state index in [0.717, 1.165) is 45.7 Å². The quantitative estimate of drug-likeness (QED) is 0.867. The van der Waals surface area contributed by atoms with E-state index in [1.54, 1.807) is 0 Å². The van der Waals surface area contributed by atoms with Gasteiger partial charge < -0.3 is 14.8 Å². The van der Waals surface area contributed by atoms with Crippen LogP contribution in [0.2, 0.25) is 0 Å². The highest BCUT2D eigenvalue weighted by Gasteiger charge is 2.27. The molecule has 29 heavy (non-hydrogen) atoms. The van der Waals surface area contributed by atoms with Crippen LogP contribution in [0.15, 0.2) is 18.2 Å². The van der Waals surface area contributed by atoms with Gasteiger partial charge in [-0.15, -0.1) is 10.2 Å². The Morgan fingerprint density at radius 1 is 1.03 bits per heavy atom. The summed E-state index contributed by atoms with van der Waals surface area (Å²) in [6.07, 6.45) is 5.85. The topological polar surface area (TPSA) is 49.2 Å². The molecule has 0 unspecified atom stereocenters. The first-order valence-corrected chi connectivity index (χ1v) is 11.4. The lowest BCUT2D eigenvalue weighted by Crippen LogP contribution is -2.34. The molecule has 3 aliphatic rings. The fraction of sp³-hybridized carbons (Fsp3) is 0.652. The fourth-order valence-electron chi connectivity index (χ4n) is 5.28. The number of nitrogens with zero attached hydrogens (tertiary/aromatic N) is 5. The normalized spacial score (nSPS) is 23.5. The maximum atomic E-state index is 4.60. The number of anilines is 1. The maximum Gasteiger partial charge on any atom is 0.136 e. The summed E-state index contributed by atoms with van der Waals surface area (Å²) < 4.78 is 2.39. The first-order valence-electron chi connectivity index (χ1n) is 11.4. The highest BCUT2D eigenvalue weighted by molar-refractivity contribution is 5.57. The van der Waals surface area contributed by atoms with Gasteiger partial charge in [0.05, 0.1) is 0 Å². The van der Waals surface area contributed by atoms with Crippen molar-refractivity contribution in [1.29, 1.82) is 0 Å². The van der Waals surface area contributed by atoms with Crippen molar-refractivity contribution in [2.75, 3.05) is 38.1 Å². The van der Waals surface area contributed by atoms with Gasteiger partial charge in [-0.05, 0) is 62.9 Å². The van der Waals surface area contributed by atoms with Gasteiger partial charge in [-0.1, -0.05) is 12.1 Å². The minimum atomic E-state index is 0.560. The number of aryl methyl sites for hydroxylation is 1. The summed E-state index contributed by atoms with van der Waals surface area (Å²) in [4.78, 5) is 5.06. The van der Waals surface area contributed by atoms with Crippen molar-refractivity contribution in [3.8, 4) is 0 Å². The summed E-state index contributed by atoms with van der Waals surface area (Å²) in [5, 5.41) is 12.6. The van der Waals surface area contributed by atoms with E-state index in [0.29, 0.717) is 12.0 Å². The molecule has 6 heteroatoms. The number of piperidine rings is 1. The Kier molecular flexibility index (Phi) is 5.31. The van der Waals surface area contributed by atoms with Crippen LogP contribution in [0.1, 0.15) is 54.9 Å². The highest BCUT2D eigenvalue weighted by atomic mass is 15.3. The third-order valence-electron chi connectivity index (χ3n) is 7.27. The average molecular weight is 395 g/mol. The number of hydrogen-bond acceptors (Lipinski definition) is 5. The van der Waals surface area contributed by atoms with E-state index < -0.39 is 0 Å². The van der Waals surface area contributed by atoms with Crippen molar-refractivity contribution in [2.24, 2.45) is 0 Å². The zero-order valence-corrected chi connectivity index (χ0v) is 17.9. The van der Waals surface area contributed by atoms with Gasteiger partial charge >= 0.3 is 0 Å². The predicted octanol–water partition coefficient (Wildman–Crippen LogP) is 2.57. The Balaban J connectivity index is 1.21. The van der Waals surface area contributed by atoms with Gasteiger partial charge in [0.15, 0.2) is 0 Å². The third-order valence-corrected chi connectivity index (χ3v) is 7.27. The average Bonchev–Trinajstić information content (AvgIpc) is 2.99. The van der Waals surface area contributed by atoms with Crippen molar-refractivity contribution in [1.82, 2.24) is 25.0 Å². The third kappa shape index (κ3) is 3.80. The van der Waals surface area contributed by atoms with Crippen LogP contribution >= 0.6 is 0 Å². The first kappa shape index (κ1) is 19.1. The summed E-state index contributed by atoms with van der Waals surface area (Å²) in [6.45, 7) is 8.76. The molecule has 1 atom stereocenters. The number of fused-ring (bicyclic) bond motifs is 2. The van der Waals surface area contributed by atoms with Crippen LogP contribution in [0.4, 0.5) is 5.69 Å². The lowest BCUT2D eigenvalue weighted by molar-refractivity contribution is 0.200. The molecule has 6 nitrogen and oxygen atoms in total. The van der Waals surface area contributed by atoms with Crippen LogP contribution in [0.3, 0.4) is 0 Å². The number of hydrogen-bond donors (Lipinski definition) is 1. The molecule has 0 radical (unpaired) electrons. The summed E-state index contributed by atoms with van der Waals surface area (Å²) >= 11 is 0. The minimum absolute atomic E-state index is 0.560. The van der Waals surface area contributed by atoms with Crippen molar-refractivity contribution >= 4 is 5.69 Å². The van der Waals surface area contributed by atoms with Gasteiger partial charge in [-0.3, -0.25) is 4.90 Å². The van der Waals surface area contributed by atoms with Gasteiger partial charge in [-0.2, -0.15) is 0 Å². The Labute approximate surface area is 174 Å². The van der Waals surface area contributed by atoms with E-state index in [-0.39, 0.29) is 0 Å². The molecule has 2 aromatic rings. The Hall–Kier alpha value is -1.92. The van der Waals surface area contributed by atoms with E-state index in [2.05, 4.69) is 62.1 Å². The summed E-state index contributed by atoms with van der Waals surface area (Å²) in [7, 11) is 2.23. The van der Waals surface area contributed by atoms with Gasteiger partial charge in [0, 0.05) is 57.3 Å². The Morgan fingerprint density at radius 2 is 1.90 bits per heavy atom. The van der Waals surface area contributed by atoms with Crippen molar-refractivity contribution in [3.63, 3.8) is 0 Å². The second-order valence-electron chi connectivity index (χ2n) is 9.14. The number of benzene rings is 1. The molecule has 1 N–H and O–H groups in total. The number of rotatable bonds is 3. The zero-order chi connectivity index (χ0) is 19.8. The van der Waals surface area contributed by atoms with Crippen LogP contribution in [0.5, 0.6) is 0 Å². The molecule has 1 fully saturated rings. The molecule has 0 saturated carbocycles. The second-order valence-corrected chi connectivity index (χ2v) is 9.14. The van der Waals surface area contributed by atoms with Crippen molar-refractivity contribution < 1.29 is 0 Å². The monoisotopic (exact) mass is 394 g/mol. The number of likely N-dealkylation sites (tertiary alicyclic amines) is 1. The predicted molar refractivity (Wildman–Crippen MR) is 116 cm³/mol. The second kappa shape index (κ2) is 8.07. The maximum absolute atomic E-state index is 4.60. The molecule has 0 aliphatic carbocycles. The van der Waals surface area contributed by atoms with Crippen molar-refractivity contribution in [2.45, 2.75) is 64.1 Å². The summed E-state index contributed by atoms with van der Waals surface area (Å²) in [5.74, 6) is 2.96. The smallest absolute Gasteiger partial charge is 0.136 e. The van der Waals surface area contributed by atoms with E-state index in [4.69, 9.17) is 0 Å². The zero-order valence-electron chi connectivity index (χ0n) is 17.9. The number of nitrogens with one attached hydrogen (secondary N) is 1. The van der Waals surface area contributed by atoms with E-state index in [1.165, 1.54) is 54.1 Å². The first-order chi connectivity index (χ1) is 14.2. The molecule has 1 saturated heterocycles. The molecule has 3 aliphatic heterocycles. The van der Waals surface area contributed by atoms with E-state index >= 15 is 0 Å². The van der Waals surface area contributed by atoms with Gasteiger partial charge in [0.1, 0.15) is 11.6 Å². The van der Waals surface area contributed by atoms with Crippen molar-refractivity contribution in [3.05, 3.63) is 41.0 Å². The lowest BCUT2D eigenvalue weighted by Gasteiger charge is -2.35. The molecule has 0 bridgehead atoms. The van der Waals surface area contributed by atoms with E-state index in [1.807, 2.05) is 0 Å². The van der Waals surface area contributed by atoms with Gasteiger partial charge in [0.2, 0.25) is 0 Å². The fourth-order valence-corrected chi connectivity index (χ4v) is 5.28. The van der Waals surface area contributed by atoms with Crippen LogP contribution in [-0.2, 0) is 25.9 Å². The minimum Gasteiger partial charge on any atom is -0.372 e. The SMILES string of the molecule is C[C@H]1CCc2cc(CN3CCC(c4nnc5n4CCNCC5)CC3)ccc2N1C. The molecular formula is C23H34N6. The largest absolute Gasteiger partial charge is 0.372 e. The number of aromatic nitrogens is 3. The summed E-state index contributed by atoms with van der Waals surface area (Å²) in [6, 6.07) is 7.78. The van der Waals surface area contributed by atoms with Gasteiger partial charge in [-0.25, -0.2) is 0 Å². The molecular weight excluding hydrogens is 360 g/mol. The Bertz CT molecular complexity index is 851. The summed E-state index contributed by atoms with van der Waals surface area (Å²) in [5.41, 5.74) is 4.42. The highest BCUT2D eigenvalue weighted by Crippen LogP contribution is 2.32. The Morgan fingerprint density at radius 3 is 2.76 bits per heavy atom.